The third-order valence-corrected chi connectivity index (χ3v) is 4.47. The zero-order valence-electron chi connectivity index (χ0n) is 12.4. The van der Waals surface area contributed by atoms with Gasteiger partial charge in [0.05, 0.1) is 0 Å². The Kier molecular flexibility index (Phi) is 4.31. The highest BCUT2D eigenvalue weighted by Crippen LogP contribution is 2.17. The number of aromatic nitrogens is 1. The largest absolute Gasteiger partial charge is 0.303 e. The van der Waals surface area contributed by atoms with Crippen molar-refractivity contribution in [3.05, 3.63) is 42.2 Å². The van der Waals surface area contributed by atoms with E-state index in [1.807, 2.05) is 6.20 Å². The molecule has 0 unspecified atom stereocenters. The lowest BCUT2D eigenvalue weighted by molar-refractivity contribution is 0.190. The fraction of sp³-hybridized carbons (Fsp3) is 0.500. The predicted octanol–water partition coefficient (Wildman–Crippen LogP) is 3.90. The van der Waals surface area contributed by atoms with Crippen LogP contribution in [0, 0.1) is 5.92 Å². The van der Waals surface area contributed by atoms with Gasteiger partial charge in [0, 0.05) is 17.3 Å². The summed E-state index contributed by atoms with van der Waals surface area (Å²) in [6.45, 7) is 6.16. The van der Waals surface area contributed by atoms with E-state index in [0.29, 0.717) is 0 Å². The van der Waals surface area contributed by atoms with E-state index >= 15 is 0 Å². The Hall–Kier alpha value is -1.41. The van der Waals surface area contributed by atoms with Crippen molar-refractivity contribution < 1.29 is 0 Å². The van der Waals surface area contributed by atoms with Gasteiger partial charge in [0.25, 0.3) is 0 Å². The second-order valence-corrected chi connectivity index (χ2v) is 6.15. The lowest BCUT2D eigenvalue weighted by Crippen LogP contribution is -2.33. The number of nitrogens with zero attached hydrogens (tertiary/aromatic N) is 2. The van der Waals surface area contributed by atoms with Gasteiger partial charge in [-0.25, -0.2) is 0 Å². The molecule has 0 amide bonds. The molecule has 1 fully saturated rings. The summed E-state index contributed by atoms with van der Waals surface area (Å²) >= 11 is 0. The normalized spacial score (nSPS) is 17.6. The maximum Gasteiger partial charge on any atom is 0.0410 e. The molecule has 1 aliphatic rings. The molecular formula is C18H24N2. The summed E-state index contributed by atoms with van der Waals surface area (Å²) < 4.78 is 0. The van der Waals surface area contributed by atoms with Crippen LogP contribution in [-0.4, -0.2) is 29.5 Å². The first-order valence-electron chi connectivity index (χ1n) is 7.87. The molecule has 1 aromatic carbocycles. The monoisotopic (exact) mass is 268 g/mol. The highest BCUT2D eigenvalue weighted by Gasteiger charge is 2.14. The minimum absolute atomic E-state index is 0.924. The molecule has 3 rings (SSSR count). The molecule has 2 heteroatoms. The van der Waals surface area contributed by atoms with Crippen LogP contribution in [0.5, 0.6) is 0 Å². The van der Waals surface area contributed by atoms with Crippen molar-refractivity contribution in [3.63, 3.8) is 0 Å². The molecule has 0 bridgehead atoms. The summed E-state index contributed by atoms with van der Waals surface area (Å²) in [5, 5.41) is 2.55. The number of hydrogen-bond acceptors (Lipinski definition) is 2. The summed E-state index contributed by atoms with van der Waals surface area (Å²) in [5.41, 5.74) is 1.23. The molecule has 106 valence electrons. The first kappa shape index (κ1) is 13.6. The van der Waals surface area contributed by atoms with Gasteiger partial charge >= 0.3 is 0 Å². The molecule has 0 aliphatic carbocycles. The van der Waals surface area contributed by atoms with Crippen LogP contribution in [0.25, 0.3) is 10.8 Å². The minimum atomic E-state index is 0.924. The van der Waals surface area contributed by atoms with Crippen LogP contribution >= 0.6 is 0 Å². The van der Waals surface area contributed by atoms with Crippen LogP contribution in [0.4, 0.5) is 0 Å². The number of pyridine rings is 1. The second-order valence-electron chi connectivity index (χ2n) is 6.15. The molecule has 2 heterocycles. The Morgan fingerprint density at radius 3 is 2.70 bits per heavy atom. The van der Waals surface area contributed by atoms with Crippen molar-refractivity contribution in [1.82, 2.24) is 9.88 Å². The Bertz CT molecular complexity index is 556. The highest BCUT2D eigenvalue weighted by atomic mass is 15.1. The molecule has 0 spiro atoms. The van der Waals surface area contributed by atoms with E-state index in [-0.39, 0.29) is 0 Å². The van der Waals surface area contributed by atoms with Gasteiger partial charge in [0.2, 0.25) is 0 Å². The van der Waals surface area contributed by atoms with Crippen LogP contribution in [-0.2, 0) is 6.42 Å². The van der Waals surface area contributed by atoms with Crippen LogP contribution in [0.1, 0.15) is 31.9 Å². The van der Waals surface area contributed by atoms with E-state index < -0.39 is 0 Å². The number of hydrogen-bond donors (Lipinski definition) is 0. The molecule has 0 radical (unpaired) electrons. The number of benzene rings is 1. The van der Waals surface area contributed by atoms with Crippen molar-refractivity contribution in [3.8, 4) is 0 Å². The first-order chi connectivity index (χ1) is 9.81. The second kappa shape index (κ2) is 6.36. The van der Waals surface area contributed by atoms with E-state index in [0.717, 1.165) is 12.3 Å². The summed E-state index contributed by atoms with van der Waals surface area (Å²) in [6, 6.07) is 10.7. The van der Waals surface area contributed by atoms with Gasteiger partial charge < -0.3 is 4.90 Å². The molecule has 1 aliphatic heterocycles. The third-order valence-electron chi connectivity index (χ3n) is 4.47. The van der Waals surface area contributed by atoms with Gasteiger partial charge in [-0.3, -0.25) is 4.98 Å². The van der Waals surface area contributed by atoms with Crippen LogP contribution in [0.2, 0.25) is 0 Å². The van der Waals surface area contributed by atoms with E-state index in [4.69, 9.17) is 0 Å². The molecule has 2 nitrogen and oxygen atoms in total. The summed E-state index contributed by atoms with van der Waals surface area (Å²) in [4.78, 5) is 7.20. The molecule has 1 saturated heterocycles. The van der Waals surface area contributed by atoms with Crippen molar-refractivity contribution in [2.24, 2.45) is 5.92 Å². The topological polar surface area (TPSA) is 16.1 Å². The average Bonchev–Trinajstić information content (AvgIpc) is 2.49. The van der Waals surface area contributed by atoms with Gasteiger partial charge in [-0.05, 0) is 62.7 Å². The Balaban J connectivity index is 1.52. The van der Waals surface area contributed by atoms with Crippen molar-refractivity contribution in [2.45, 2.75) is 32.6 Å². The van der Waals surface area contributed by atoms with E-state index in [1.54, 1.807) is 0 Å². The molecule has 0 N–H and O–H groups in total. The van der Waals surface area contributed by atoms with Crippen LogP contribution in [0.15, 0.2) is 36.5 Å². The molecule has 2 aromatic rings. The fourth-order valence-electron chi connectivity index (χ4n) is 3.04. The standard InChI is InChI=1S/C18H24N2/c1-15-8-11-20(12-9-15)10-4-7-18-13-16-5-2-3-6-17(16)14-19-18/h2-3,5-6,13-15H,4,7-12H2,1H3. The minimum Gasteiger partial charge on any atom is -0.303 e. The number of rotatable bonds is 4. The first-order valence-corrected chi connectivity index (χ1v) is 7.87. The molecular weight excluding hydrogens is 244 g/mol. The number of piperidine rings is 1. The number of fused-ring (bicyclic) bond motifs is 1. The highest BCUT2D eigenvalue weighted by molar-refractivity contribution is 5.81. The number of likely N-dealkylation sites (tertiary alicyclic amines) is 1. The van der Waals surface area contributed by atoms with Crippen molar-refractivity contribution >= 4 is 10.8 Å². The smallest absolute Gasteiger partial charge is 0.0410 e. The maximum atomic E-state index is 4.58. The van der Waals surface area contributed by atoms with E-state index in [2.05, 4.69) is 47.1 Å². The molecule has 20 heavy (non-hydrogen) atoms. The summed E-state index contributed by atoms with van der Waals surface area (Å²) in [5.74, 6) is 0.924. The van der Waals surface area contributed by atoms with E-state index in [9.17, 15) is 0 Å². The third kappa shape index (κ3) is 3.37. The van der Waals surface area contributed by atoms with Gasteiger partial charge in [-0.2, -0.15) is 0 Å². The van der Waals surface area contributed by atoms with Crippen molar-refractivity contribution in [2.75, 3.05) is 19.6 Å². The molecule has 1 aromatic heterocycles. The lowest BCUT2D eigenvalue weighted by Gasteiger charge is -2.30. The van der Waals surface area contributed by atoms with E-state index in [1.165, 1.54) is 55.4 Å². The van der Waals surface area contributed by atoms with Crippen LogP contribution in [0.3, 0.4) is 0 Å². The van der Waals surface area contributed by atoms with Gasteiger partial charge in [0.15, 0.2) is 0 Å². The number of aryl methyl sites for hydroxylation is 1. The Labute approximate surface area is 121 Å². The fourth-order valence-corrected chi connectivity index (χ4v) is 3.04. The summed E-state index contributed by atoms with van der Waals surface area (Å²) in [6.07, 6.45) is 7.06. The maximum absolute atomic E-state index is 4.58. The molecule has 0 saturated carbocycles. The quantitative estimate of drug-likeness (QED) is 0.836. The summed E-state index contributed by atoms with van der Waals surface area (Å²) in [7, 11) is 0. The van der Waals surface area contributed by atoms with Gasteiger partial charge in [-0.15, -0.1) is 0 Å². The average molecular weight is 268 g/mol. The van der Waals surface area contributed by atoms with Gasteiger partial charge in [-0.1, -0.05) is 31.2 Å². The lowest BCUT2D eigenvalue weighted by atomic mass is 9.99. The van der Waals surface area contributed by atoms with Crippen molar-refractivity contribution in [1.29, 1.82) is 0 Å². The Morgan fingerprint density at radius 2 is 1.90 bits per heavy atom. The SMILES string of the molecule is CC1CCN(CCCc2cc3ccccc3cn2)CC1. The van der Waals surface area contributed by atoms with Crippen LogP contribution < -0.4 is 0 Å². The zero-order chi connectivity index (χ0) is 13.8. The van der Waals surface area contributed by atoms with Gasteiger partial charge in [0.1, 0.15) is 0 Å². The molecule has 0 atom stereocenters. The zero-order valence-corrected chi connectivity index (χ0v) is 12.4. The predicted molar refractivity (Wildman–Crippen MR) is 84.9 cm³/mol. The Morgan fingerprint density at radius 1 is 1.15 bits per heavy atom.